The molecule has 0 saturated carbocycles. The molecule has 0 radical (unpaired) electrons. The van der Waals surface area contributed by atoms with E-state index in [1.807, 2.05) is 0 Å². The van der Waals surface area contributed by atoms with Crippen LogP contribution in [0.4, 0.5) is 40.7 Å². The standard InChI is InChI=1S/2C4H5F3O3.CH2O3/c2*1-9-3(8)10-2-4(5,6)7;2-1(3)4/h2*2H2,1H3;(H2,2,3,4). The zero-order valence-electron chi connectivity index (χ0n) is 11.9. The topological polar surface area (TPSA) is 129 Å². The van der Waals surface area contributed by atoms with E-state index in [0.717, 1.165) is 14.2 Å². The average Bonchev–Trinajstić information content (AvgIpc) is 2.40. The SMILES string of the molecule is COC(=O)OCC(F)(F)F.COC(=O)OCC(F)(F)F.O=C(O)O. The maximum atomic E-state index is 11.2. The van der Waals surface area contributed by atoms with Crippen LogP contribution >= 0.6 is 0 Å². The highest BCUT2D eigenvalue weighted by Crippen LogP contribution is 2.15. The van der Waals surface area contributed by atoms with Gasteiger partial charge in [-0.25, -0.2) is 14.4 Å². The van der Waals surface area contributed by atoms with E-state index < -0.39 is 44.0 Å². The zero-order valence-corrected chi connectivity index (χ0v) is 11.9. The lowest BCUT2D eigenvalue weighted by Crippen LogP contribution is -2.20. The fourth-order valence-electron chi connectivity index (χ4n) is 0.399. The molecule has 0 rings (SSSR count). The van der Waals surface area contributed by atoms with Crippen LogP contribution in [0.15, 0.2) is 0 Å². The third-order valence-electron chi connectivity index (χ3n) is 1.04. The predicted molar refractivity (Wildman–Crippen MR) is 59.5 cm³/mol. The highest BCUT2D eigenvalue weighted by Gasteiger charge is 2.30. The summed E-state index contributed by atoms with van der Waals surface area (Å²) in [5.74, 6) is 0. The fourth-order valence-corrected chi connectivity index (χ4v) is 0.399. The lowest BCUT2D eigenvalue weighted by molar-refractivity contribution is -0.165. The smallest absolute Gasteiger partial charge is 0.450 e. The first-order valence-electron chi connectivity index (χ1n) is 5.11. The number of carbonyl (C=O) groups excluding carboxylic acids is 2. The molecule has 0 aliphatic rings. The van der Waals surface area contributed by atoms with Crippen molar-refractivity contribution in [3.8, 4) is 0 Å². The fraction of sp³-hybridized carbons (Fsp3) is 0.667. The molecule has 0 amide bonds. The van der Waals surface area contributed by atoms with Crippen LogP contribution in [0.5, 0.6) is 0 Å². The Morgan fingerprint density at radius 1 is 0.750 bits per heavy atom. The van der Waals surface area contributed by atoms with Gasteiger partial charge < -0.3 is 29.2 Å². The van der Waals surface area contributed by atoms with Crippen molar-refractivity contribution in [2.45, 2.75) is 12.4 Å². The molecule has 2 N–H and O–H groups in total. The largest absolute Gasteiger partial charge is 0.508 e. The maximum Gasteiger partial charge on any atom is 0.508 e. The predicted octanol–water partition coefficient (Wildman–Crippen LogP) is 2.89. The number of carboxylic acid groups (broad SMARTS) is 2. The number of rotatable bonds is 2. The molecule has 9 nitrogen and oxygen atoms in total. The second-order valence-corrected chi connectivity index (χ2v) is 3.00. The van der Waals surface area contributed by atoms with Crippen LogP contribution in [-0.4, -0.2) is 68.5 Å². The summed E-state index contributed by atoms with van der Waals surface area (Å²) in [5.41, 5.74) is 0. The number of halogens is 6. The van der Waals surface area contributed by atoms with Gasteiger partial charge >= 0.3 is 30.8 Å². The maximum absolute atomic E-state index is 11.2. The van der Waals surface area contributed by atoms with Crippen molar-refractivity contribution < 1.29 is 69.9 Å². The van der Waals surface area contributed by atoms with Crippen LogP contribution in [0.2, 0.25) is 0 Å². The molecule has 0 fully saturated rings. The molecule has 0 spiro atoms. The number of hydrogen-bond acceptors (Lipinski definition) is 7. The molecule has 0 unspecified atom stereocenters. The lowest BCUT2D eigenvalue weighted by atomic mass is 10.7. The molecule has 0 atom stereocenters. The van der Waals surface area contributed by atoms with Crippen molar-refractivity contribution in [2.75, 3.05) is 27.4 Å². The Bertz CT molecular complexity index is 345. The minimum atomic E-state index is -4.49. The van der Waals surface area contributed by atoms with E-state index >= 15 is 0 Å². The highest BCUT2D eigenvalue weighted by atomic mass is 19.4. The number of hydrogen-bond donors (Lipinski definition) is 2. The van der Waals surface area contributed by atoms with Gasteiger partial charge in [-0.1, -0.05) is 0 Å². The summed E-state index contributed by atoms with van der Waals surface area (Å²) in [6.07, 6.45) is -13.5. The summed E-state index contributed by atoms with van der Waals surface area (Å²) in [6, 6.07) is 0. The molecule has 0 aromatic carbocycles. The van der Waals surface area contributed by atoms with Crippen molar-refractivity contribution in [3.05, 3.63) is 0 Å². The number of ether oxygens (including phenoxy) is 4. The first-order valence-corrected chi connectivity index (χ1v) is 5.11. The summed E-state index contributed by atoms with van der Waals surface area (Å²) < 4.78 is 82.0. The van der Waals surface area contributed by atoms with Gasteiger partial charge in [-0.15, -0.1) is 0 Å². The van der Waals surface area contributed by atoms with E-state index in [1.165, 1.54) is 0 Å². The Labute approximate surface area is 129 Å². The Morgan fingerprint density at radius 3 is 1.08 bits per heavy atom. The van der Waals surface area contributed by atoms with Crippen LogP contribution in [-0.2, 0) is 18.9 Å². The van der Waals surface area contributed by atoms with E-state index in [-0.39, 0.29) is 0 Å². The number of methoxy groups -OCH3 is 2. The van der Waals surface area contributed by atoms with Crippen molar-refractivity contribution in [1.29, 1.82) is 0 Å². The van der Waals surface area contributed by atoms with Gasteiger partial charge in [0.25, 0.3) is 0 Å². The molecule has 144 valence electrons. The molecular formula is C9H12F6O9. The summed E-state index contributed by atoms with van der Waals surface area (Å²) in [7, 11) is 1.86. The van der Waals surface area contributed by atoms with Gasteiger partial charge in [-0.05, 0) is 0 Å². The zero-order chi connectivity index (χ0) is 20.0. The summed E-state index contributed by atoms with van der Waals surface area (Å²) >= 11 is 0. The summed E-state index contributed by atoms with van der Waals surface area (Å²) in [6.45, 7) is -3.22. The van der Waals surface area contributed by atoms with Gasteiger partial charge in [0.2, 0.25) is 0 Å². The Kier molecular flexibility index (Phi) is 14.1. The van der Waals surface area contributed by atoms with Gasteiger partial charge in [0.15, 0.2) is 13.2 Å². The van der Waals surface area contributed by atoms with Crippen LogP contribution in [0.3, 0.4) is 0 Å². The second-order valence-electron chi connectivity index (χ2n) is 3.00. The quantitative estimate of drug-likeness (QED) is 0.550. The van der Waals surface area contributed by atoms with E-state index in [4.69, 9.17) is 15.0 Å². The van der Waals surface area contributed by atoms with Crippen molar-refractivity contribution in [1.82, 2.24) is 0 Å². The van der Waals surface area contributed by atoms with Crippen molar-refractivity contribution in [3.63, 3.8) is 0 Å². The van der Waals surface area contributed by atoms with Gasteiger partial charge in [0.1, 0.15) is 0 Å². The molecule has 0 saturated heterocycles. The Morgan fingerprint density at radius 2 is 0.958 bits per heavy atom. The van der Waals surface area contributed by atoms with Crippen LogP contribution in [0.1, 0.15) is 0 Å². The van der Waals surface area contributed by atoms with E-state index in [1.54, 1.807) is 0 Å². The average molecular weight is 378 g/mol. The minimum absolute atomic E-state index is 0.929. The normalized spacial score (nSPS) is 10.0. The third kappa shape index (κ3) is 36.6. The van der Waals surface area contributed by atoms with Gasteiger partial charge in [0.05, 0.1) is 14.2 Å². The second kappa shape index (κ2) is 12.9. The molecular weight excluding hydrogens is 366 g/mol. The summed E-state index contributed by atoms with van der Waals surface area (Å²) in [4.78, 5) is 28.4. The van der Waals surface area contributed by atoms with Gasteiger partial charge in [-0.2, -0.15) is 26.3 Å². The molecule has 15 heteroatoms. The lowest BCUT2D eigenvalue weighted by Gasteiger charge is -2.05. The molecule has 0 aromatic rings. The molecule has 24 heavy (non-hydrogen) atoms. The van der Waals surface area contributed by atoms with E-state index in [0.29, 0.717) is 0 Å². The van der Waals surface area contributed by atoms with E-state index in [2.05, 4.69) is 18.9 Å². The van der Waals surface area contributed by atoms with Crippen LogP contribution < -0.4 is 0 Å². The summed E-state index contributed by atoms with van der Waals surface area (Å²) in [5, 5.41) is 13.9. The Balaban J connectivity index is -0.000000301. The molecule has 0 bridgehead atoms. The van der Waals surface area contributed by atoms with Gasteiger partial charge in [-0.3, -0.25) is 0 Å². The first-order chi connectivity index (χ1) is 10.6. The van der Waals surface area contributed by atoms with Crippen molar-refractivity contribution >= 4 is 18.5 Å². The first kappa shape index (κ1) is 26.3. The van der Waals surface area contributed by atoms with Crippen LogP contribution in [0.25, 0.3) is 0 Å². The van der Waals surface area contributed by atoms with Gasteiger partial charge in [0, 0.05) is 0 Å². The Hall–Kier alpha value is -2.61. The number of carbonyl (C=O) groups is 3. The highest BCUT2D eigenvalue weighted by molar-refractivity contribution is 5.59. The molecule has 0 heterocycles. The van der Waals surface area contributed by atoms with Crippen LogP contribution in [0, 0.1) is 0 Å². The van der Waals surface area contributed by atoms with E-state index in [9.17, 15) is 35.9 Å². The monoisotopic (exact) mass is 378 g/mol. The minimum Gasteiger partial charge on any atom is -0.450 e. The molecule has 0 aliphatic carbocycles. The third-order valence-corrected chi connectivity index (χ3v) is 1.04. The molecule has 0 aromatic heterocycles. The molecule has 0 aliphatic heterocycles. The van der Waals surface area contributed by atoms with Crippen molar-refractivity contribution in [2.24, 2.45) is 0 Å². The number of alkyl halides is 6.